The van der Waals surface area contributed by atoms with Crippen LogP contribution in [0.4, 0.5) is 11.6 Å². The molecular weight excluding hydrogens is 420 g/mol. The monoisotopic (exact) mass is 448 g/mol. The quantitative estimate of drug-likeness (QED) is 0.639. The summed E-state index contributed by atoms with van der Waals surface area (Å²) < 4.78 is 12.5. The highest BCUT2D eigenvalue weighted by molar-refractivity contribution is 5.95. The van der Waals surface area contributed by atoms with Crippen molar-refractivity contribution in [3.05, 3.63) is 47.2 Å². The SMILES string of the molecule is COc1ccc([C@@H]2CC(=O)Nc3c2c(C)nn3-c2ccc(N3CCCCC3)nn2)cc1OC. The molecule has 1 N–H and O–H groups in total. The first-order valence-electron chi connectivity index (χ1n) is 11.3. The minimum Gasteiger partial charge on any atom is -0.493 e. The molecule has 0 aliphatic carbocycles. The second kappa shape index (κ2) is 8.73. The number of fused-ring (bicyclic) bond motifs is 1. The Morgan fingerprint density at radius 3 is 2.39 bits per heavy atom. The predicted octanol–water partition coefficient (Wildman–Crippen LogP) is 3.45. The van der Waals surface area contributed by atoms with Crippen LogP contribution in [-0.2, 0) is 4.79 Å². The number of carbonyl (C=O) groups excluding carboxylic acids is 1. The van der Waals surface area contributed by atoms with Gasteiger partial charge in [0.25, 0.3) is 0 Å². The molecule has 0 unspecified atom stereocenters. The van der Waals surface area contributed by atoms with Gasteiger partial charge in [-0.05, 0) is 56.0 Å². The first kappa shape index (κ1) is 21.2. The van der Waals surface area contributed by atoms with Crippen LogP contribution in [0.3, 0.4) is 0 Å². The highest BCUT2D eigenvalue weighted by atomic mass is 16.5. The number of aromatic nitrogens is 4. The zero-order valence-electron chi connectivity index (χ0n) is 19.2. The van der Waals surface area contributed by atoms with E-state index in [1.807, 2.05) is 37.3 Å². The van der Waals surface area contributed by atoms with Crippen LogP contribution in [0.5, 0.6) is 11.5 Å². The van der Waals surface area contributed by atoms with E-state index in [0.717, 1.165) is 35.7 Å². The lowest BCUT2D eigenvalue weighted by molar-refractivity contribution is -0.116. The van der Waals surface area contributed by atoms with E-state index in [-0.39, 0.29) is 11.8 Å². The van der Waals surface area contributed by atoms with Crippen molar-refractivity contribution < 1.29 is 14.3 Å². The minimum absolute atomic E-state index is 0.0682. The summed E-state index contributed by atoms with van der Waals surface area (Å²) in [4.78, 5) is 15.0. The molecule has 2 aliphatic rings. The number of nitrogens with zero attached hydrogens (tertiary/aromatic N) is 5. The Hall–Kier alpha value is -3.62. The van der Waals surface area contributed by atoms with E-state index in [9.17, 15) is 4.79 Å². The third-order valence-corrected chi connectivity index (χ3v) is 6.45. The van der Waals surface area contributed by atoms with Gasteiger partial charge in [-0.25, -0.2) is 0 Å². The van der Waals surface area contributed by atoms with Gasteiger partial charge in [-0.15, -0.1) is 10.2 Å². The number of hydrogen-bond donors (Lipinski definition) is 1. The molecule has 33 heavy (non-hydrogen) atoms. The van der Waals surface area contributed by atoms with Crippen LogP contribution in [0.2, 0.25) is 0 Å². The number of aryl methyl sites for hydroxylation is 1. The summed E-state index contributed by atoms with van der Waals surface area (Å²) in [6.45, 7) is 3.97. The van der Waals surface area contributed by atoms with Gasteiger partial charge in [0.05, 0.1) is 19.9 Å². The van der Waals surface area contributed by atoms with Gasteiger partial charge < -0.3 is 19.7 Å². The van der Waals surface area contributed by atoms with Gasteiger partial charge in [-0.3, -0.25) is 4.79 Å². The van der Waals surface area contributed by atoms with Crippen molar-refractivity contribution in [2.45, 2.75) is 38.5 Å². The molecule has 9 nitrogen and oxygen atoms in total. The number of nitrogens with one attached hydrogen (secondary N) is 1. The topological polar surface area (TPSA) is 94.4 Å². The summed E-state index contributed by atoms with van der Waals surface area (Å²) in [6, 6.07) is 9.66. The first-order valence-corrected chi connectivity index (χ1v) is 11.3. The third kappa shape index (κ3) is 3.88. The number of ether oxygens (including phenoxy) is 2. The maximum atomic E-state index is 12.7. The van der Waals surface area contributed by atoms with Gasteiger partial charge in [0.1, 0.15) is 5.82 Å². The van der Waals surface area contributed by atoms with E-state index in [4.69, 9.17) is 14.6 Å². The van der Waals surface area contributed by atoms with Crippen LogP contribution in [0.15, 0.2) is 30.3 Å². The number of amides is 1. The Bertz CT molecular complexity index is 1170. The largest absolute Gasteiger partial charge is 0.493 e. The first-order chi connectivity index (χ1) is 16.1. The third-order valence-electron chi connectivity index (χ3n) is 6.45. The number of rotatable bonds is 5. The smallest absolute Gasteiger partial charge is 0.226 e. The van der Waals surface area contributed by atoms with E-state index in [1.54, 1.807) is 18.9 Å². The van der Waals surface area contributed by atoms with E-state index < -0.39 is 0 Å². The van der Waals surface area contributed by atoms with Gasteiger partial charge in [0.15, 0.2) is 23.1 Å². The van der Waals surface area contributed by atoms with Gasteiger partial charge in [-0.1, -0.05) is 6.07 Å². The molecule has 3 aromatic rings. The number of piperidine rings is 1. The van der Waals surface area contributed by atoms with Crippen LogP contribution >= 0.6 is 0 Å². The zero-order valence-corrected chi connectivity index (χ0v) is 19.2. The van der Waals surface area contributed by atoms with Crippen molar-refractivity contribution in [2.75, 3.05) is 37.5 Å². The van der Waals surface area contributed by atoms with Crippen molar-refractivity contribution in [1.82, 2.24) is 20.0 Å². The summed E-state index contributed by atoms with van der Waals surface area (Å²) in [6.07, 6.45) is 3.95. The zero-order chi connectivity index (χ0) is 22.9. The van der Waals surface area contributed by atoms with Gasteiger partial charge >= 0.3 is 0 Å². The molecule has 1 aromatic carbocycles. The van der Waals surface area contributed by atoms with Crippen LogP contribution in [-0.4, -0.2) is 53.2 Å². The number of anilines is 2. The second-order valence-electron chi connectivity index (χ2n) is 8.48. The lowest BCUT2D eigenvalue weighted by Gasteiger charge is -2.27. The van der Waals surface area contributed by atoms with Gasteiger partial charge in [-0.2, -0.15) is 9.78 Å². The average molecular weight is 449 g/mol. The molecule has 1 amide bonds. The Labute approximate surface area is 192 Å². The standard InChI is InChI=1S/C24H28N6O3/c1-15-23-17(16-7-8-18(32-2)19(13-16)33-3)14-22(31)25-24(23)30(28-15)21-10-9-20(26-27-21)29-11-5-4-6-12-29/h7-10,13,17H,4-6,11-12,14H2,1-3H3,(H,25,31)/t17-/m0/s1. The molecule has 172 valence electrons. The van der Waals surface area contributed by atoms with Crippen LogP contribution in [0.1, 0.15) is 48.4 Å². The molecule has 2 aliphatic heterocycles. The normalized spacial score (nSPS) is 18.0. The Balaban J connectivity index is 1.51. The molecule has 0 spiro atoms. The molecule has 1 saturated heterocycles. The van der Waals surface area contributed by atoms with E-state index in [0.29, 0.717) is 29.6 Å². The maximum absolute atomic E-state index is 12.7. The lowest BCUT2D eigenvalue weighted by Crippen LogP contribution is -2.30. The molecule has 5 rings (SSSR count). The van der Waals surface area contributed by atoms with E-state index >= 15 is 0 Å². The summed E-state index contributed by atoms with van der Waals surface area (Å²) in [7, 11) is 3.21. The molecular formula is C24H28N6O3. The molecule has 0 saturated carbocycles. The van der Waals surface area contributed by atoms with Crippen molar-refractivity contribution in [1.29, 1.82) is 0 Å². The summed E-state index contributed by atoms with van der Waals surface area (Å²) in [5.74, 6) is 3.16. The molecule has 9 heteroatoms. The Morgan fingerprint density at radius 2 is 1.70 bits per heavy atom. The van der Waals surface area contributed by atoms with Gasteiger partial charge in [0, 0.05) is 31.0 Å². The van der Waals surface area contributed by atoms with E-state index in [1.165, 1.54) is 19.3 Å². The van der Waals surface area contributed by atoms with Crippen molar-refractivity contribution >= 4 is 17.5 Å². The van der Waals surface area contributed by atoms with Gasteiger partial charge in [0.2, 0.25) is 5.91 Å². The average Bonchev–Trinajstić information content (AvgIpc) is 3.19. The minimum atomic E-state index is -0.150. The Morgan fingerprint density at radius 1 is 0.970 bits per heavy atom. The molecule has 0 bridgehead atoms. The van der Waals surface area contributed by atoms with Crippen LogP contribution in [0.25, 0.3) is 5.82 Å². The number of methoxy groups -OCH3 is 2. The fourth-order valence-electron chi connectivity index (χ4n) is 4.79. The molecule has 2 aromatic heterocycles. The fraction of sp³-hybridized carbons (Fsp3) is 0.417. The molecule has 4 heterocycles. The fourth-order valence-corrected chi connectivity index (χ4v) is 4.79. The van der Waals surface area contributed by atoms with Crippen LogP contribution in [0, 0.1) is 6.92 Å². The summed E-state index contributed by atoms with van der Waals surface area (Å²) in [5, 5.41) is 16.6. The second-order valence-corrected chi connectivity index (χ2v) is 8.48. The lowest BCUT2D eigenvalue weighted by atomic mass is 9.85. The maximum Gasteiger partial charge on any atom is 0.226 e. The van der Waals surface area contributed by atoms with Crippen molar-refractivity contribution in [3.8, 4) is 17.3 Å². The molecule has 1 fully saturated rings. The Kier molecular flexibility index (Phi) is 5.62. The number of benzene rings is 1. The molecule has 0 radical (unpaired) electrons. The van der Waals surface area contributed by atoms with Crippen LogP contribution < -0.4 is 19.7 Å². The highest BCUT2D eigenvalue weighted by Gasteiger charge is 2.33. The number of hydrogen-bond acceptors (Lipinski definition) is 7. The predicted molar refractivity (Wildman–Crippen MR) is 125 cm³/mol. The molecule has 1 atom stereocenters. The number of carbonyl (C=O) groups is 1. The van der Waals surface area contributed by atoms with E-state index in [2.05, 4.69) is 20.4 Å². The summed E-state index contributed by atoms with van der Waals surface area (Å²) >= 11 is 0. The van der Waals surface area contributed by atoms with Crippen molar-refractivity contribution in [2.24, 2.45) is 0 Å². The van der Waals surface area contributed by atoms with Crippen molar-refractivity contribution in [3.63, 3.8) is 0 Å². The highest BCUT2D eigenvalue weighted by Crippen LogP contribution is 2.42. The summed E-state index contributed by atoms with van der Waals surface area (Å²) in [5.41, 5.74) is 2.79.